The van der Waals surface area contributed by atoms with Crippen LogP contribution in [-0.4, -0.2) is 15.9 Å². The number of aromatic nitrogens is 2. The zero-order chi connectivity index (χ0) is 15.5. The lowest BCUT2D eigenvalue weighted by atomic mass is 10.2. The molecular formula is C16H15ClN4O. The van der Waals surface area contributed by atoms with E-state index in [2.05, 4.69) is 20.6 Å². The summed E-state index contributed by atoms with van der Waals surface area (Å²) in [5.74, 6) is 0.525. The quantitative estimate of drug-likeness (QED) is 0.686. The van der Waals surface area contributed by atoms with Gasteiger partial charge in [-0.25, -0.2) is 4.98 Å². The van der Waals surface area contributed by atoms with Gasteiger partial charge in [0.25, 0.3) is 0 Å². The number of nitrogens with zero attached hydrogens (tertiary/aromatic N) is 1. The standard InChI is InChI=1S/C16H15ClN4O/c1-10(22)19-13-6-3-7-14-15(13)21-16(20-14)18-9-11-4-2-5-12(17)8-11/h2-8H,9H2,1H3,(H,19,22)(H2,18,20,21). The third kappa shape index (κ3) is 3.20. The Labute approximate surface area is 132 Å². The molecule has 3 aromatic rings. The molecule has 0 fully saturated rings. The van der Waals surface area contributed by atoms with Crippen molar-refractivity contribution in [2.45, 2.75) is 13.5 Å². The number of fused-ring (bicyclic) bond motifs is 1. The van der Waals surface area contributed by atoms with Crippen molar-refractivity contribution in [3.63, 3.8) is 0 Å². The SMILES string of the molecule is CC(=O)Nc1cccc2[nH]c(NCc3cccc(Cl)c3)nc12. The van der Waals surface area contributed by atoms with Gasteiger partial charge in [-0.2, -0.15) is 0 Å². The molecule has 0 bridgehead atoms. The molecule has 2 aromatic carbocycles. The number of aromatic amines is 1. The predicted octanol–water partition coefficient (Wildman–Crippen LogP) is 3.79. The van der Waals surface area contributed by atoms with Gasteiger partial charge in [-0.05, 0) is 29.8 Å². The third-order valence-electron chi connectivity index (χ3n) is 3.17. The Balaban J connectivity index is 1.81. The van der Waals surface area contributed by atoms with Crippen LogP contribution in [0.2, 0.25) is 5.02 Å². The number of imidazole rings is 1. The van der Waals surface area contributed by atoms with E-state index < -0.39 is 0 Å². The lowest BCUT2D eigenvalue weighted by Crippen LogP contribution is -2.06. The Morgan fingerprint density at radius 3 is 2.86 bits per heavy atom. The van der Waals surface area contributed by atoms with Crippen molar-refractivity contribution in [3.05, 3.63) is 53.1 Å². The first kappa shape index (κ1) is 14.4. The average molecular weight is 315 g/mol. The van der Waals surface area contributed by atoms with Crippen LogP contribution in [0.5, 0.6) is 0 Å². The summed E-state index contributed by atoms with van der Waals surface area (Å²) in [4.78, 5) is 18.9. The zero-order valence-corrected chi connectivity index (χ0v) is 12.7. The Kier molecular flexibility index (Phi) is 3.98. The van der Waals surface area contributed by atoms with Gasteiger partial charge in [0.2, 0.25) is 11.9 Å². The molecule has 0 saturated heterocycles. The zero-order valence-electron chi connectivity index (χ0n) is 12.0. The fraction of sp³-hybridized carbons (Fsp3) is 0.125. The number of rotatable bonds is 4. The first-order valence-corrected chi connectivity index (χ1v) is 7.24. The number of H-pyrrole nitrogens is 1. The minimum Gasteiger partial charge on any atom is -0.352 e. The second kappa shape index (κ2) is 6.07. The molecule has 0 aliphatic carbocycles. The monoisotopic (exact) mass is 314 g/mol. The van der Waals surface area contributed by atoms with Gasteiger partial charge < -0.3 is 15.6 Å². The first-order chi connectivity index (χ1) is 10.6. The molecule has 5 nitrogen and oxygen atoms in total. The number of benzene rings is 2. The highest BCUT2D eigenvalue weighted by Gasteiger charge is 2.08. The van der Waals surface area contributed by atoms with Crippen molar-refractivity contribution in [2.24, 2.45) is 0 Å². The Bertz CT molecular complexity index is 828. The van der Waals surface area contributed by atoms with Crippen LogP contribution in [0.15, 0.2) is 42.5 Å². The summed E-state index contributed by atoms with van der Waals surface area (Å²) >= 11 is 5.97. The van der Waals surface area contributed by atoms with Crippen LogP contribution in [0.1, 0.15) is 12.5 Å². The molecular weight excluding hydrogens is 300 g/mol. The summed E-state index contributed by atoms with van der Waals surface area (Å²) in [5, 5.41) is 6.70. The van der Waals surface area contributed by atoms with Crippen LogP contribution >= 0.6 is 11.6 Å². The summed E-state index contributed by atoms with van der Waals surface area (Å²) in [7, 11) is 0. The van der Waals surface area contributed by atoms with Gasteiger partial charge in [-0.3, -0.25) is 4.79 Å². The van der Waals surface area contributed by atoms with Crippen molar-refractivity contribution in [1.82, 2.24) is 9.97 Å². The summed E-state index contributed by atoms with van der Waals surface area (Å²) in [6, 6.07) is 13.2. The second-order valence-corrected chi connectivity index (χ2v) is 5.39. The van der Waals surface area contributed by atoms with Gasteiger partial charge in [0.15, 0.2) is 0 Å². The maximum absolute atomic E-state index is 11.2. The molecule has 0 atom stereocenters. The molecule has 3 N–H and O–H groups in total. The molecule has 0 aliphatic rings. The van der Waals surface area contributed by atoms with Gasteiger partial charge in [0.05, 0.1) is 11.2 Å². The molecule has 3 rings (SSSR count). The number of para-hydroxylation sites is 1. The largest absolute Gasteiger partial charge is 0.352 e. The van der Waals surface area contributed by atoms with E-state index >= 15 is 0 Å². The van der Waals surface area contributed by atoms with E-state index in [1.165, 1.54) is 6.92 Å². The van der Waals surface area contributed by atoms with E-state index in [0.717, 1.165) is 16.6 Å². The minimum atomic E-state index is -0.121. The molecule has 112 valence electrons. The van der Waals surface area contributed by atoms with Crippen LogP contribution in [0.3, 0.4) is 0 Å². The summed E-state index contributed by atoms with van der Waals surface area (Å²) in [6.45, 7) is 2.08. The molecule has 1 amide bonds. The number of hydrogen-bond donors (Lipinski definition) is 3. The van der Waals surface area contributed by atoms with Gasteiger partial charge in [0.1, 0.15) is 5.52 Å². The van der Waals surface area contributed by atoms with Crippen LogP contribution in [0.4, 0.5) is 11.6 Å². The number of hydrogen-bond acceptors (Lipinski definition) is 3. The van der Waals surface area contributed by atoms with Gasteiger partial charge >= 0.3 is 0 Å². The molecule has 22 heavy (non-hydrogen) atoms. The normalized spacial score (nSPS) is 10.6. The average Bonchev–Trinajstić information content (AvgIpc) is 2.89. The Morgan fingerprint density at radius 1 is 1.27 bits per heavy atom. The van der Waals surface area contributed by atoms with E-state index in [1.54, 1.807) is 0 Å². The second-order valence-electron chi connectivity index (χ2n) is 4.95. The van der Waals surface area contributed by atoms with Crippen molar-refractivity contribution < 1.29 is 4.79 Å². The molecule has 0 aliphatic heterocycles. The summed E-state index contributed by atoms with van der Waals surface area (Å²) < 4.78 is 0. The van der Waals surface area contributed by atoms with Crippen molar-refractivity contribution in [1.29, 1.82) is 0 Å². The molecule has 0 radical (unpaired) electrons. The van der Waals surface area contributed by atoms with E-state index in [9.17, 15) is 4.79 Å². The van der Waals surface area contributed by atoms with Crippen molar-refractivity contribution >= 4 is 40.2 Å². The van der Waals surface area contributed by atoms with Crippen molar-refractivity contribution in [2.75, 3.05) is 10.6 Å². The summed E-state index contributed by atoms with van der Waals surface area (Å²) in [5.41, 5.74) is 3.35. The highest BCUT2D eigenvalue weighted by Crippen LogP contribution is 2.23. The molecule has 0 unspecified atom stereocenters. The van der Waals surface area contributed by atoms with E-state index in [0.29, 0.717) is 23.2 Å². The Morgan fingerprint density at radius 2 is 2.09 bits per heavy atom. The number of amides is 1. The fourth-order valence-electron chi connectivity index (χ4n) is 2.24. The third-order valence-corrected chi connectivity index (χ3v) is 3.41. The van der Waals surface area contributed by atoms with Gasteiger partial charge in [0, 0.05) is 18.5 Å². The first-order valence-electron chi connectivity index (χ1n) is 6.86. The number of anilines is 2. The van der Waals surface area contributed by atoms with E-state index in [-0.39, 0.29) is 5.91 Å². The molecule has 0 saturated carbocycles. The highest BCUT2D eigenvalue weighted by atomic mass is 35.5. The minimum absolute atomic E-state index is 0.121. The number of carbonyl (C=O) groups excluding carboxylic acids is 1. The van der Waals surface area contributed by atoms with Crippen LogP contribution in [-0.2, 0) is 11.3 Å². The maximum atomic E-state index is 11.2. The molecule has 1 heterocycles. The van der Waals surface area contributed by atoms with Crippen LogP contribution < -0.4 is 10.6 Å². The number of nitrogens with one attached hydrogen (secondary N) is 3. The van der Waals surface area contributed by atoms with E-state index in [4.69, 9.17) is 11.6 Å². The number of carbonyl (C=O) groups is 1. The lowest BCUT2D eigenvalue weighted by molar-refractivity contribution is -0.114. The lowest BCUT2D eigenvalue weighted by Gasteiger charge is -2.03. The van der Waals surface area contributed by atoms with Crippen LogP contribution in [0.25, 0.3) is 11.0 Å². The van der Waals surface area contributed by atoms with Crippen LogP contribution in [0, 0.1) is 0 Å². The smallest absolute Gasteiger partial charge is 0.221 e. The highest BCUT2D eigenvalue weighted by molar-refractivity contribution is 6.30. The predicted molar refractivity (Wildman–Crippen MR) is 89.2 cm³/mol. The molecule has 6 heteroatoms. The topological polar surface area (TPSA) is 69.8 Å². The van der Waals surface area contributed by atoms with Gasteiger partial charge in [-0.1, -0.05) is 29.8 Å². The summed E-state index contributed by atoms with van der Waals surface area (Å²) in [6.07, 6.45) is 0. The fourth-order valence-corrected chi connectivity index (χ4v) is 2.45. The van der Waals surface area contributed by atoms with E-state index in [1.807, 2.05) is 42.5 Å². The van der Waals surface area contributed by atoms with Gasteiger partial charge in [-0.15, -0.1) is 0 Å². The molecule has 0 spiro atoms. The maximum Gasteiger partial charge on any atom is 0.221 e. The Hall–Kier alpha value is -2.53. The van der Waals surface area contributed by atoms with Crippen molar-refractivity contribution in [3.8, 4) is 0 Å². The molecule has 1 aromatic heterocycles. The number of halogens is 1.